The average Bonchev–Trinajstić information content (AvgIpc) is 2.84. The molecule has 1 amide bonds. The number of nitrogens with zero attached hydrogens (tertiary/aromatic N) is 3. The Hall–Kier alpha value is -2.81. The van der Waals surface area contributed by atoms with Crippen LogP contribution in [0.1, 0.15) is 11.3 Å². The van der Waals surface area contributed by atoms with Gasteiger partial charge in [-0.05, 0) is 0 Å². The molecule has 0 radical (unpaired) electrons. The van der Waals surface area contributed by atoms with Crippen LogP contribution < -0.4 is 11.2 Å². The van der Waals surface area contributed by atoms with Gasteiger partial charge in [-0.15, -0.1) is 11.3 Å². The van der Waals surface area contributed by atoms with Gasteiger partial charge in [-0.3, -0.25) is 14.9 Å². The molecule has 2 rings (SSSR count). The quantitative estimate of drug-likeness (QED) is 0.490. The maximum Gasteiger partial charge on any atom is 0.270 e. The van der Waals surface area contributed by atoms with Crippen molar-refractivity contribution in [2.75, 3.05) is 5.73 Å². The first-order chi connectivity index (χ1) is 10.0. The van der Waals surface area contributed by atoms with E-state index in [4.69, 9.17) is 5.73 Å². The second kappa shape index (κ2) is 6.57. The lowest BCUT2D eigenvalue weighted by Crippen LogP contribution is -2.19. The third-order valence-electron chi connectivity index (χ3n) is 2.40. The number of nitro groups is 1. The number of carbonyl (C=O) groups is 1. The van der Waals surface area contributed by atoms with E-state index in [1.165, 1.54) is 29.7 Å². The standard InChI is InChI=1S/C12H11N5O3S/c13-12-15-9(7-21-12)5-11(18)16-14-6-8-2-1-3-10(4-8)17(19)20/h1-4,6-7H,5H2,(H2,13,15)(H,16,18)/b14-6+. The molecule has 0 aliphatic rings. The van der Waals surface area contributed by atoms with Gasteiger partial charge in [0.05, 0.1) is 23.3 Å². The third kappa shape index (κ3) is 4.35. The number of hydrogen-bond acceptors (Lipinski definition) is 7. The van der Waals surface area contributed by atoms with E-state index >= 15 is 0 Å². The number of anilines is 1. The smallest absolute Gasteiger partial charge is 0.270 e. The van der Waals surface area contributed by atoms with Gasteiger partial charge in [0.15, 0.2) is 5.13 Å². The van der Waals surface area contributed by atoms with Crippen molar-refractivity contribution in [3.63, 3.8) is 0 Å². The van der Waals surface area contributed by atoms with Gasteiger partial charge >= 0.3 is 0 Å². The van der Waals surface area contributed by atoms with E-state index in [1.54, 1.807) is 17.5 Å². The van der Waals surface area contributed by atoms with E-state index in [0.717, 1.165) is 0 Å². The van der Waals surface area contributed by atoms with Crippen molar-refractivity contribution < 1.29 is 9.72 Å². The molecule has 3 N–H and O–H groups in total. The molecule has 1 aromatic carbocycles. The summed E-state index contributed by atoms with van der Waals surface area (Å²) in [5, 5.41) is 16.5. The number of nitrogens with two attached hydrogens (primary N) is 1. The molecule has 1 aromatic heterocycles. The van der Waals surface area contributed by atoms with E-state index in [1.807, 2.05) is 0 Å². The summed E-state index contributed by atoms with van der Waals surface area (Å²) in [6.45, 7) is 0. The molecule has 0 unspecified atom stereocenters. The van der Waals surface area contributed by atoms with Crippen LogP contribution in [0.4, 0.5) is 10.8 Å². The molecule has 0 atom stereocenters. The summed E-state index contributed by atoms with van der Waals surface area (Å²) in [5.74, 6) is -0.345. The highest BCUT2D eigenvalue weighted by Gasteiger charge is 2.06. The molecule has 0 bridgehead atoms. The number of non-ortho nitro benzene ring substituents is 1. The summed E-state index contributed by atoms with van der Waals surface area (Å²) in [6.07, 6.45) is 1.40. The summed E-state index contributed by atoms with van der Waals surface area (Å²) in [7, 11) is 0. The molecule has 108 valence electrons. The fourth-order valence-electron chi connectivity index (χ4n) is 1.51. The molecule has 21 heavy (non-hydrogen) atoms. The van der Waals surface area contributed by atoms with Crippen molar-refractivity contribution in [3.8, 4) is 0 Å². The Labute approximate surface area is 123 Å². The summed E-state index contributed by atoms with van der Waals surface area (Å²) in [4.78, 5) is 25.7. The van der Waals surface area contributed by atoms with Gasteiger partial charge in [0.2, 0.25) is 5.91 Å². The van der Waals surface area contributed by atoms with Crippen LogP contribution in [0, 0.1) is 10.1 Å². The molecule has 0 spiro atoms. The van der Waals surface area contributed by atoms with E-state index in [0.29, 0.717) is 16.4 Å². The Kier molecular flexibility index (Phi) is 4.57. The summed E-state index contributed by atoms with van der Waals surface area (Å²) < 4.78 is 0. The fourth-order valence-corrected chi connectivity index (χ4v) is 2.07. The lowest BCUT2D eigenvalue weighted by atomic mass is 10.2. The molecule has 0 fully saturated rings. The van der Waals surface area contributed by atoms with Gasteiger partial charge in [0, 0.05) is 23.1 Å². The first-order valence-electron chi connectivity index (χ1n) is 5.81. The highest BCUT2D eigenvalue weighted by molar-refractivity contribution is 7.13. The van der Waals surface area contributed by atoms with Gasteiger partial charge in [0.1, 0.15) is 0 Å². The number of aromatic nitrogens is 1. The predicted molar refractivity (Wildman–Crippen MR) is 79.1 cm³/mol. The minimum absolute atomic E-state index is 0.0387. The first-order valence-corrected chi connectivity index (χ1v) is 6.69. The van der Waals surface area contributed by atoms with Crippen molar-refractivity contribution >= 4 is 34.3 Å². The normalized spacial score (nSPS) is 10.7. The average molecular weight is 305 g/mol. The minimum atomic E-state index is -0.497. The van der Waals surface area contributed by atoms with Crippen LogP contribution in [0.15, 0.2) is 34.7 Å². The summed E-state index contributed by atoms with van der Waals surface area (Å²) >= 11 is 1.26. The highest BCUT2D eigenvalue weighted by Crippen LogP contribution is 2.12. The lowest BCUT2D eigenvalue weighted by molar-refractivity contribution is -0.384. The first kappa shape index (κ1) is 14.6. The summed E-state index contributed by atoms with van der Waals surface area (Å²) in [5.41, 5.74) is 8.83. The predicted octanol–water partition coefficient (Wildman–Crippen LogP) is 1.33. The van der Waals surface area contributed by atoms with Gasteiger partial charge in [-0.25, -0.2) is 10.4 Å². The van der Waals surface area contributed by atoms with Crippen molar-refractivity contribution in [3.05, 3.63) is 51.0 Å². The SMILES string of the molecule is Nc1nc(CC(=O)N/N=C/c2cccc([N+](=O)[O-])c2)cs1. The van der Waals surface area contributed by atoms with E-state index in [-0.39, 0.29) is 18.0 Å². The monoisotopic (exact) mass is 305 g/mol. The number of amides is 1. The van der Waals surface area contributed by atoms with Crippen LogP contribution in [0.5, 0.6) is 0 Å². The van der Waals surface area contributed by atoms with Crippen LogP contribution in [-0.2, 0) is 11.2 Å². The maximum absolute atomic E-state index is 11.6. The lowest BCUT2D eigenvalue weighted by Gasteiger charge is -1.97. The van der Waals surface area contributed by atoms with Crippen LogP contribution in [0.2, 0.25) is 0 Å². The molecule has 9 heteroatoms. The Morgan fingerprint density at radius 1 is 1.57 bits per heavy atom. The maximum atomic E-state index is 11.6. The number of rotatable bonds is 5. The zero-order valence-corrected chi connectivity index (χ0v) is 11.5. The van der Waals surface area contributed by atoms with E-state index < -0.39 is 4.92 Å². The van der Waals surface area contributed by atoms with Gasteiger partial charge < -0.3 is 5.73 Å². The number of nitrogen functional groups attached to an aromatic ring is 1. The minimum Gasteiger partial charge on any atom is -0.375 e. The fraction of sp³-hybridized carbons (Fsp3) is 0.0833. The van der Waals surface area contributed by atoms with E-state index in [2.05, 4.69) is 15.5 Å². The Morgan fingerprint density at radius 2 is 2.38 bits per heavy atom. The second-order valence-corrected chi connectivity index (χ2v) is 4.89. The second-order valence-electron chi connectivity index (χ2n) is 4.00. The topological polar surface area (TPSA) is 124 Å². The number of hydrogen-bond donors (Lipinski definition) is 2. The molecule has 0 saturated carbocycles. The molecule has 0 aliphatic heterocycles. The third-order valence-corrected chi connectivity index (χ3v) is 3.12. The van der Waals surface area contributed by atoms with Crippen LogP contribution >= 0.6 is 11.3 Å². The van der Waals surface area contributed by atoms with Crippen molar-refractivity contribution in [1.29, 1.82) is 0 Å². The molecular formula is C12H11N5O3S. The molecule has 2 aromatic rings. The zero-order valence-electron chi connectivity index (χ0n) is 10.7. The largest absolute Gasteiger partial charge is 0.375 e. The van der Waals surface area contributed by atoms with Crippen molar-refractivity contribution in [2.24, 2.45) is 5.10 Å². The number of hydrazone groups is 1. The molecule has 1 heterocycles. The van der Waals surface area contributed by atoms with Gasteiger partial charge in [-0.2, -0.15) is 5.10 Å². The van der Waals surface area contributed by atoms with Crippen molar-refractivity contribution in [1.82, 2.24) is 10.4 Å². The zero-order chi connectivity index (χ0) is 15.2. The van der Waals surface area contributed by atoms with Crippen molar-refractivity contribution in [2.45, 2.75) is 6.42 Å². The van der Waals surface area contributed by atoms with Gasteiger partial charge in [-0.1, -0.05) is 12.1 Å². The number of thiazole rings is 1. The number of carbonyl (C=O) groups excluding carboxylic acids is 1. The Morgan fingerprint density at radius 3 is 3.05 bits per heavy atom. The van der Waals surface area contributed by atoms with Crippen LogP contribution in [0.25, 0.3) is 0 Å². The molecule has 0 saturated heterocycles. The number of benzene rings is 1. The molecular weight excluding hydrogens is 294 g/mol. The molecule has 8 nitrogen and oxygen atoms in total. The Bertz CT molecular complexity index is 698. The number of nitro benzene ring substituents is 1. The van der Waals surface area contributed by atoms with E-state index in [9.17, 15) is 14.9 Å². The molecule has 0 aliphatic carbocycles. The highest BCUT2D eigenvalue weighted by atomic mass is 32.1. The Balaban J connectivity index is 1.91. The summed E-state index contributed by atoms with van der Waals surface area (Å²) in [6, 6.07) is 5.92. The number of nitrogens with one attached hydrogen (secondary N) is 1. The van der Waals surface area contributed by atoms with Crippen LogP contribution in [-0.4, -0.2) is 22.0 Å². The van der Waals surface area contributed by atoms with Gasteiger partial charge in [0.25, 0.3) is 5.69 Å². The van der Waals surface area contributed by atoms with Crippen LogP contribution in [0.3, 0.4) is 0 Å².